The highest BCUT2D eigenvalue weighted by Gasteiger charge is 2.47. The number of rotatable bonds is 8. The van der Waals surface area contributed by atoms with Crippen LogP contribution in [-0.2, 0) is 4.74 Å². The van der Waals surface area contributed by atoms with Crippen LogP contribution in [0.4, 0.5) is 13.2 Å². The van der Waals surface area contributed by atoms with Crippen molar-refractivity contribution in [2.75, 3.05) is 19.8 Å². The van der Waals surface area contributed by atoms with E-state index in [0.717, 1.165) is 6.92 Å². The molecule has 3 aromatic rings. The molecule has 3 unspecified atom stereocenters. The number of nitrogens with zero attached hydrogens (tertiary/aromatic N) is 4. The highest BCUT2D eigenvalue weighted by Crippen LogP contribution is 2.31. The Labute approximate surface area is 197 Å². The molecule has 1 fully saturated rings. The smallest absolute Gasteiger partial charge is 0.288 e. The van der Waals surface area contributed by atoms with Crippen LogP contribution in [0.2, 0.25) is 5.02 Å². The van der Waals surface area contributed by atoms with Gasteiger partial charge in [0.1, 0.15) is 12.2 Å². The average Bonchev–Trinajstić information content (AvgIpc) is 3.37. The number of aliphatic hydroxyl groups is 1. The van der Waals surface area contributed by atoms with E-state index in [1.807, 2.05) is 0 Å². The summed E-state index contributed by atoms with van der Waals surface area (Å²) in [7, 11) is 0. The number of aromatic nitrogens is 4. The zero-order valence-electron chi connectivity index (χ0n) is 18.0. The Hall–Kier alpha value is -2.80. The minimum Gasteiger partial charge on any atom is -0.386 e. The van der Waals surface area contributed by atoms with Crippen LogP contribution in [0.25, 0.3) is 5.65 Å². The molecule has 1 aliphatic heterocycles. The number of halogens is 4. The Kier molecular flexibility index (Phi) is 6.76. The maximum Gasteiger partial charge on any atom is 0.288 e. The summed E-state index contributed by atoms with van der Waals surface area (Å²) in [6, 6.07) is 0.217. The molecule has 9 nitrogen and oxygen atoms in total. The number of nitrogens with one attached hydrogen (secondary N) is 2. The molecule has 1 amide bonds. The summed E-state index contributed by atoms with van der Waals surface area (Å²) in [5.74, 6) is -3.81. The summed E-state index contributed by atoms with van der Waals surface area (Å²) >= 11 is 5.94. The molecule has 34 heavy (non-hydrogen) atoms. The molecular formula is C21H22ClF3N6O3. The lowest BCUT2D eigenvalue weighted by molar-refractivity contribution is -0.0515. The van der Waals surface area contributed by atoms with Crippen molar-refractivity contribution in [3.63, 3.8) is 0 Å². The van der Waals surface area contributed by atoms with E-state index in [0.29, 0.717) is 0 Å². The number of carbonyl (C=O) groups excluding carboxylic acids is 1. The third-order valence-corrected chi connectivity index (χ3v) is 5.77. The summed E-state index contributed by atoms with van der Waals surface area (Å²) in [6.45, 7) is -0.417. The van der Waals surface area contributed by atoms with E-state index >= 15 is 4.39 Å². The van der Waals surface area contributed by atoms with Crippen molar-refractivity contribution in [1.29, 1.82) is 0 Å². The molecule has 13 heteroatoms. The number of pyridine rings is 1. The fourth-order valence-corrected chi connectivity index (χ4v) is 3.79. The predicted octanol–water partition coefficient (Wildman–Crippen LogP) is 1.96. The van der Waals surface area contributed by atoms with Crippen LogP contribution in [0.15, 0.2) is 43.1 Å². The summed E-state index contributed by atoms with van der Waals surface area (Å²) in [6.07, 6.45) is 4.70. The maximum atomic E-state index is 15.9. The average molecular weight is 499 g/mol. The minimum atomic E-state index is -3.15. The maximum absolute atomic E-state index is 15.9. The van der Waals surface area contributed by atoms with Crippen LogP contribution in [0, 0.1) is 0 Å². The molecule has 0 saturated carbocycles. The van der Waals surface area contributed by atoms with Crippen molar-refractivity contribution in [2.45, 2.75) is 36.7 Å². The van der Waals surface area contributed by atoms with Crippen molar-refractivity contribution in [3.8, 4) is 0 Å². The van der Waals surface area contributed by atoms with E-state index in [2.05, 4.69) is 25.7 Å². The fraction of sp³-hybridized carbons (Fsp3) is 0.429. The molecule has 0 radical (unpaired) electrons. The van der Waals surface area contributed by atoms with Gasteiger partial charge in [-0.1, -0.05) is 11.6 Å². The van der Waals surface area contributed by atoms with Gasteiger partial charge in [-0.3, -0.25) is 9.78 Å². The topological polar surface area (TPSA) is 114 Å². The lowest BCUT2D eigenvalue weighted by Gasteiger charge is -2.34. The van der Waals surface area contributed by atoms with Gasteiger partial charge in [0.05, 0.1) is 41.7 Å². The van der Waals surface area contributed by atoms with Crippen LogP contribution >= 0.6 is 11.6 Å². The minimum absolute atomic E-state index is 0.160. The second-order valence-corrected chi connectivity index (χ2v) is 8.74. The number of carbonyl (C=O) groups is 1. The van der Waals surface area contributed by atoms with Crippen molar-refractivity contribution >= 4 is 23.2 Å². The molecule has 3 aromatic heterocycles. The van der Waals surface area contributed by atoms with Crippen molar-refractivity contribution < 1.29 is 27.8 Å². The molecule has 4 atom stereocenters. The summed E-state index contributed by atoms with van der Waals surface area (Å²) < 4.78 is 49.8. The van der Waals surface area contributed by atoms with E-state index < -0.39 is 48.8 Å². The Morgan fingerprint density at radius 2 is 2.24 bits per heavy atom. The molecule has 0 aliphatic carbocycles. The zero-order chi connectivity index (χ0) is 24.5. The number of fused-ring (bicyclic) bond motifs is 1. The highest BCUT2D eigenvalue weighted by molar-refractivity contribution is 6.30. The van der Waals surface area contributed by atoms with Gasteiger partial charge < -0.3 is 20.5 Å². The SMILES string of the molecule is CC(O)(CNC1COCC1(F)F)[C@H](F)C(NC(=O)c1cccnc1)c1cnn2cc(Cl)cnc12. The normalized spacial score (nSPS) is 21.2. The predicted molar refractivity (Wildman–Crippen MR) is 116 cm³/mol. The first-order valence-corrected chi connectivity index (χ1v) is 10.7. The van der Waals surface area contributed by atoms with Gasteiger partial charge in [-0.15, -0.1) is 0 Å². The highest BCUT2D eigenvalue weighted by atomic mass is 35.5. The number of ether oxygens (including phenoxy) is 1. The standard InChI is InChI=1S/C21H22ClF3N6O3/c1-20(33,10-28-15-9-34-11-21(15,24)25)17(23)16(30-19(32)12-3-2-4-26-5-12)14-7-29-31-8-13(22)6-27-18(14)31/h2-8,15-17,28,33H,9-11H2,1H3,(H,30,32)/t15?,16?,17-,20?/m1/s1. The van der Waals surface area contributed by atoms with Gasteiger partial charge in [-0.2, -0.15) is 5.10 Å². The molecule has 0 spiro atoms. The number of amides is 1. The Morgan fingerprint density at radius 1 is 1.44 bits per heavy atom. The first-order valence-electron chi connectivity index (χ1n) is 10.3. The van der Waals surface area contributed by atoms with Gasteiger partial charge in [-0.25, -0.2) is 22.7 Å². The first-order chi connectivity index (χ1) is 16.1. The van der Waals surface area contributed by atoms with E-state index in [1.54, 1.807) is 6.07 Å². The van der Waals surface area contributed by atoms with Gasteiger partial charge in [0.2, 0.25) is 0 Å². The second kappa shape index (κ2) is 9.45. The molecule has 4 rings (SSSR count). The first kappa shape index (κ1) is 24.3. The van der Waals surface area contributed by atoms with Crippen LogP contribution in [0.5, 0.6) is 0 Å². The fourth-order valence-electron chi connectivity index (χ4n) is 3.65. The van der Waals surface area contributed by atoms with Crippen LogP contribution < -0.4 is 10.6 Å². The monoisotopic (exact) mass is 498 g/mol. The van der Waals surface area contributed by atoms with Gasteiger partial charge in [0, 0.05) is 30.7 Å². The van der Waals surface area contributed by atoms with Gasteiger partial charge in [0.25, 0.3) is 11.8 Å². The molecule has 1 saturated heterocycles. The van der Waals surface area contributed by atoms with Crippen molar-refractivity contribution in [3.05, 3.63) is 59.3 Å². The van der Waals surface area contributed by atoms with E-state index in [9.17, 15) is 18.7 Å². The van der Waals surface area contributed by atoms with Crippen LogP contribution in [0.1, 0.15) is 28.9 Å². The Morgan fingerprint density at radius 3 is 2.91 bits per heavy atom. The lowest BCUT2D eigenvalue weighted by Crippen LogP contribution is -2.55. The Balaban J connectivity index is 1.62. The van der Waals surface area contributed by atoms with E-state index in [-0.39, 0.29) is 28.4 Å². The van der Waals surface area contributed by atoms with Crippen LogP contribution in [0.3, 0.4) is 0 Å². The zero-order valence-corrected chi connectivity index (χ0v) is 18.7. The third kappa shape index (κ3) is 4.99. The second-order valence-electron chi connectivity index (χ2n) is 8.30. The van der Waals surface area contributed by atoms with E-state index in [4.69, 9.17) is 16.3 Å². The van der Waals surface area contributed by atoms with Gasteiger partial charge in [0.15, 0.2) is 11.8 Å². The van der Waals surface area contributed by atoms with Crippen molar-refractivity contribution in [2.24, 2.45) is 0 Å². The molecular weight excluding hydrogens is 477 g/mol. The summed E-state index contributed by atoms with van der Waals surface area (Å²) in [5, 5.41) is 20.3. The summed E-state index contributed by atoms with van der Waals surface area (Å²) in [4.78, 5) is 20.9. The Bertz CT molecular complexity index is 1160. The molecule has 4 heterocycles. The summed E-state index contributed by atoms with van der Waals surface area (Å²) in [5.41, 5.74) is -1.65. The van der Waals surface area contributed by atoms with Gasteiger partial charge >= 0.3 is 0 Å². The van der Waals surface area contributed by atoms with E-state index in [1.165, 1.54) is 41.6 Å². The van der Waals surface area contributed by atoms with Gasteiger partial charge in [-0.05, 0) is 19.1 Å². The quantitative estimate of drug-likeness (QED) is 0.435. The molecule has 0 aromatic carbocycles. The number of alkyl halides is 3. The molecule has 0 bridgehead atoms. The van der Waals surface area contributed by atoms with Crippen molar-refractivity contribution in [1.82, 2.24) is 30.2 Å². The largest absolute Gasteiger partial charge is 0.386 e. The molecule has 1 aliphatic rings. The molecule has 182 valence electrons. The molecule has 3 N–H and O–H groups in total. The lowest BCUT2D eigenvalue weighted by atomic mass is 9.90. The number of hydrogen-bond acceptors (Lipinski definition) is 7. The third-order valence-electron chi connectivity index (χ3n) is 5.58. The van der Waals surface area contributed by atoms with Crippen LogP contribution in [-0.4, -0.2) is 74.1 Å². The number of hydrogen-bond donors (Lipinski definition) is 3.